The number of aromatic nitrogens is 1. The van der Waals surface area contributed by atoms with Crippen LogP contribution in [0.4, 0.5) is 4.79 Å². The Bertz CT molecular complexity index is 796. The molecule has 134 valence electrons. The van der Waals surface area contributed by atoms with Crippen LogP contribution in [0.3, 0.4) is 0 Å². The predicted octanol–water partition coefficient (Wildman–Crippen LogP) is 3.10. The topological polar surface area (TPSA) is 109 Å². The van der Waals surface area contributed by atoms with E-state index in [0.717, 1.165) is 5.56 Å². The van der Waals surface area contributed by atoms with E-state index >= 15 is 0 Å². The van der Waals surface area contributed by atoms with Gasteiger partial charge in [-0.2, -0.15) is 0 Å². The molecule has 3 N–H and O–H groups in total. The average molecular weight is 346 g/mol. The van der Waals surface area contributed by atoms with Crippen LogP contribution >= 0.6 is 0 Å². The Balaban J connectivity index is 2.09. The maximum absolute atomic E-state index is 11.6. The van der Waals surface area contributed by atoms with E-state index in [-0.39, 0.29) is 17.0 Å². The molecule has 0 aliphatic carbocycles. The summed E-state index contributed by atoms with van der Waals surface area (Å²) in [6.45, 7) is 5.75. The summed E-state index contributed by atoms with van der Waals surface area (Å²) < 4.78 is 5.16. The van der Waals surface area contributed by atoms with Crippen molar-refractivity contribution in [3.8, 4) is 5.75 Å². The summed E-state index contributed by atoms with van der Waals surface area (Å²) in [4.78, 5) is 26.9. The number of carboxylic acid groups (broad SMARTS) is 1. The molecule has 0 aliphatic heterocycles. The van der Waals surface area contributed by atoms with Crippen LogP contribution in [0.2, 0.25) is 0 Å². The second-order valence-corrected chi connectivity index (χ2v) is 6.68. The first-order valence-corrected chi connectivity index (χ1v) is 7.99. The number of nitrogens with zero attached hydrogens (tertiary/aromatic N) is 1. The van der Waals surface area contributed by atoms with Crippen LogP contribution < -0.4 is 5.32 Å². The quantitative estimate of drug-likeness (QED) is 0.718. The molecule has 0 unspecified atom stereocenters. The zero-order valence-corrected chi connectivity index (χ0v) is 14.5. The molecule has 0 aliphatic rings. The molecule has 0 bridgehead atoms. The molecule has 0 fully saturated rings. The highest BCUT2D eigenvalue weighted by Gasteiger charge is 2.16. The van der Waals surface area contributed by atoms with E-state index in [1.54, 1.807) is 32.9 Å². The zero-order chi connectivity index (χ0) is 18.6. The first-order chi connectivity index (χ1) is 11.7. The van der Waals surface area contributed by atoms with Gasteiger partial charge < -0.3 is 20.3 Å². The third-order valence-corrected chi connectivity index (χ3v) is 3.41. The van der Waals surface area contributed by atoms with Crippen LogP contribution in [0.15, 0.2) is 24.3 Å². The molecule has 0 radical (unpaired) electrons. The molecule has 2 rings (SSSR count). The summed E-state index contributed by atoms with van der Waals surface area (Å²) in [6, 6.07) is 6.43. The molecular formula is C18H22N2O5. The number of amides is 1. The maximum Gasteiger partial charge on any atom is 0.407 e. The molecule has 1 aromatic heterocycles. The Kier molecular flexibility index (Phi) is 5.46. The van der Waals surface area contributed by atoms with E-state index in [2.05, 4.69) is 10.3 Å². The van der Waals surface area contributed by atoms with Crippen molar-refractivity contribution in [2.45, 2.75) is 39.2 Å². The van der Waals surface area contributed by atoms with E-state index in [9.17, 15) is 19.8 Å². The van der Waals surface area contributed by atoms with Crippen LogP contribution in [-0.2, 0) is 11.2 Å². The number of carbonyl (C=O) groups excluding carboxylic acids is 1. The summed E-state index contributed by atoms with van der Waals surface area (Å²) >= 11 is 0. The van der Waals surface area contributed by atoms with Gasteiger partial charge in [-0.15, -0.1) is 0 Å². The van der Waals surface area contributed by atoms with Gasteiger partial charge in [0.05, 0.1) is 0 Å². The molecular weight excluding hydrogens is 324 g/mol. The lowest BCUT2D eigenvalue weighted by molar-refractivity contribution is 0.0526. The molecule has 25 heavy (non-hydrogen) atoms. The second-order valence-electron chi connectivity index (χ2n) is 6.68. The number of alkyl carbamates (subject to hydrolysis) is 1. The van der Waals surface area contributed by atoms with Gasteiger partial charge in [0.1, 0.15) is 22.6 Å². The smallest absolute Gasteiger partial charge is 0.407 e. The van der Waals surface area contributed by atoms with E-state index in [0.29, 0.717) is 24.8 Å². The number of pyridine rings is 1. The molecule has 7 nitrogen and oxygen atoms in total. The van der Waals surface area contributed by atoms with E-state index < -0.39 is 17.7 Å². The lowest BCUT2D eigenvalue weighted by Crippen LogP contribution is -2.33. The number of rotatable bonds is 5. The Labute approximate surface area is 145 Å². The number of aryl methyl sites for hydroxylation is 1. The van der Waals surface area contributed by atoms with Gasteiger partial charge in [0.15, 0.2) is 0 Å². The van der Waals surface area contributed by atoms with Crippen molar-refractivity contribution in [1.82, 2.24) is 10.3 Å². The van der Waals surface area contributed by atoms with Gasteiger partial charge in [0, 0.05) is 11.9 Å². The molecule has 0 atom stereocenters. The first-order valence-electron chi connectivity index (χ1n) is 7.99. The lowest BCUT2D eigenvalue weighted by Gasteiger charge is -2.19. The first kappa shape index (κ1) is 18.5. The predicted molar refractivity (Wildman–Crippen MR) is 92.9 cm³/mol. The summed E-state index contributed by atoms with van der Waals surface area (Å²) in [5.74, 6) is -1.22. The number of nitrogens with one attached hydrogen (secondary N) is 1. The largest absolute Gasteiger partial charge is 0.506 e. The standard InChI is InChI=1S/C18H22N2O5/c1-18(2,3)25-17(24)19-9-5-6-11-10-13(16(22)23)20-15-12(11)7-4-8-14(15)21/h4,7-8,10,21H,5-6,9H2,1-3H3,(H,19,24)(H,22,23). The van der Waals surface area contributed by atoms with Gasteiger partial charge in [0.2, 0.25) is 0 Å². The van der Waals surface area contributed by atoms with Gasteiger partial charge in [-0.3, -0.25) is 0 Å². The number of hydrogen-bond donors (Lipinski definition) is 3. The molecule has 1 aromatic carbocycles. The molecule has 0 spiro atoms. The highest BCUT2D eigenvalue weighted by Crippen LogP contribution is 2.26. The van der Waals surface area contributed by atoms with Crippen molar-refractivity contribution >= 4 is 23.0 Å². The minimum absolute atomic E-state index is 0.0614. The molecule has 7 heteroatoms. The van der Waals surface area contributed by atoms with E-state index in [1.165, 1.54) is 12.1 Å². The summed E-state index contributed by atoms with van der Waals surface area (Å²) in [6.07, 6.45) is 0.627. The molecule has 1 heterocycles. The fourth-order valence-electron chi connectivity index (χ4n) is 2.40. The van der Waals surface area contributed by atoms with Crippen LogP contribution in [0, 0.1) is 0 Å². The number of fused-ring (bicyclic) bond motifs is 1. The molecule has 0 saturated carbocycles. The third-order valence-electron chi connectivity index (χ3n) is 3.41. The fourth-order valence-corrected chi connectivity index (χ4v) is 2.40. The number of hydrogen-bond acceptors (Lipinski definition) is 5. The number of ether oxygens (including phenoxy) is 1. The van der Waals surface area contributed by atoms with Crippen molar-refractivity contribution in [3.05, 3.63) is 35.5 Å². The summed E-state index contributed by atoms with van der Waals surface area (Å²) in [7, 11) is 0. The number of phenols is 1. The van der Waals surface area contributed by atoms with Gasteiger partial charge in [0.25, 0.3) is 0 Å². The number of carboxylic acids is 1. The van der Waals surface area contributed by atoms with Gasteiger partial charge >= 0.3 is 12.1 Å². The molecule has 2 aromatic rings. The Morgan fingerprint density at radius 3 is 2.64 bits per heavy atom. The van der Waals surface area contributed by atoms with Gasteiger partial charge in [-0.05, 0) is 51.3 Å². The Morgan fingerprint density at radius 1 is 1.28 bits per heavy atom. The van der Waals surface area contributed by atoms with Crippen molar-refractivity contribution in [3.63, 3.8) is 0 Å². The number of benzene rings is 1. The highest BCUT2D eigenvalue weighted by molar-refractivity contribution is 5.93. The Morgan fingerprint density at radius 2 is 2.00 bits per heavy atom. The number of para-hydroxylation sites is 1. The van der Waals surface area contributed by atoms with Crippen molar-refractivity contribution in [2.75, 3.05) is 6.54 Å². The molecule has 0 saturated heterocycles. The second kappa shape index (κ2) is 7.38. The number of phenolic OH excluding ortho intramolecular Hbond substituents is 1. The van der Waals surface area contributed by atoms with Crippen molar-refractivity contribution in [2.24, 2.45) is 0 Å². The minimum atomic E-state index is -1.15. The number of aromatic hydroxyl groups is 1. The van der Waals surface area contributed by atoms with Crippen LogP contribution in [-0.4, -0.2) is 39.4 Å². The normalized spacial score (nSPS) is 11.3. The number of aromatic carboxylic acids is 1. The summed E-state index contributed by atoms with van der Waals surface area (Å²) in [5, 5.41) is 22.5. The van der Waals surface area contributed by atoms with Crippen molar-refractivity contribution < 1.29 is 24.5 Å². The van der Waals surface area contributed by atoms with Crippen LogP contribution in [0.25, 0.3) is 10.9 Å². The average Bonchev–Trinajstić information content (AvgIpc) is 2.50. The zero-order valence-electron chi connectivity index (χ0n) is 14.5. The van der Waals surface area contributed by atoms with Crippen molar-refractivity contribution in [1.29, 1.82) is 0 Å². The lowest BCUT2D eigenvalue weighted by atomic mass is 10.0. The van der Waals surface area contributed by atoms with E-state index in [1.807, 2.05) is 0 Å². The van der Waals surface area contributed by atoms with Crippen LogP contribution in [0.5, 0.6) is 5.75 Å². The third kappa shape index (κ3) is 5.07. The minimum Gasteiger partial charge on any atom is -0.506 e. The monoisotopic (exact) mass is 346 g/mol. The Hall–Kier alpha value is -2.83. The maximum atomic E-state index is 11.6. The number of carbonyl (C=O) groups is 2. The van der Waals surface area contributed by atoms with E-state index in [4.69, 9.17) is 4.74 Å². The SMILES string of the molecule is CC(C)(C)OC(=O)NCCCc1cc(C(=O)O)nc2c(O)cccc12. The summed E-state index contributed by atoms with van der Waals surface area (Å²) in [5.41, 5.74) is 0.338. The van der Waals surface area contributed by atoms with Gasteiger partial charge in [-0.1, -0.05) is 12.1 Å². The molecule has 1 amide bonds. The van der Waals surface area contributed by atoms with Crippen LogP contribution in [0.1, 0.15) is 43.2 Å². The fraction of sp³-hybridized carbons (Fsp3) is 0.389. The van der Waals surface area contributed by atoms with Gasteiger partial charge in [-0.25, -0.2) is 14.6 Å². The highest BCUT2D eigenvalue weighted by atomic mass is 16.6.